The van der Waals surface area contributed by atoms with Crippen molar-refractivity contribution in [1.82, 2.24) is 0 Å². The molecule has 0 amide bonds. The molecule has 0 saturated carbocycles. The van der Waals surface area contributed by atoms with Gasteiger partial charge < -0.3 is 29.9 Å². The van der Waals surface area contributed by atoms with E-state index in [2.05, 4.69) is 4.74 Å². The van der Waals surface area contributed by atoms with Gasteiger partial charge in [0.1, 0.15) is 18.3 Å². The Morgan fingerprint density at radius 3 is 2.11 bits per heavy atom. The summed E-state index contributed by atoms with van der Waals surface area (Å²) >= 11 is 16.0. The van der Waals surface area contributed by atoms with E-state index in [0.29, 0.717) is 0 Å². The van der Waals surface area contributed by atoms with Crippen molar-refractivity contribution in [2.45, 2.75) is 34.5 Å². The number of alkyl halides is 3. The van der Waals surface area contributed by atoms with Crippen molar-refractivity contribution in [2.24, 2.45) is 0 Å². The number of carbonyl (C=O) groups is 1. The summed E-state index contributed by atoms with van der Waals surface area (Å²) in [6.07, 6.45) is -9.18. The third-order valence-electron chi connectivity index (χ3n) is 2.30. The smallest absolute Gasteiger partial charge is 0.335 e. The number of carboxylic acid groups (broad SMARTS) is 1. The van der Waals surface area contributed by atoms with Crippen LogP contribution in [-0.4, -0.2) is 66.8 Å². The molecule has 1 aliphatic rings. The Hall–Kier alpha value is -0.350. The minimum absolute atomic E-state index is 0.936. The Morgan fingerprint density at radius 1 is 1.16 bits per heavy atom. The molecule has 8 nitrogen and oxygen atoms in total. The zero-order valence-electron chi connectivity index (χ0n) is 9.03. The lowest BCUT2D eigenvalue weighted by molar-refractivity contribution is -0.275. The highest BCUT2D eigenvalue weighted by Gasteiger charge is 2.49. The van der Waals surface area contributed by atoms with Crippen LogP contribution >= 0.6 is 34.8 Å². The first-order valence-electron chi connectivity index (χ1n) is 4.80. The first kappa shape index (κ1) is 16.7. The highest BCUT2D eigenvalue weighted by atomic mass is 35.6. The van der Waals surface area contributed by atoms with Gasteiger partial charge in [0.25, 0.3) is 3.79 Å². The Morgan fingerprint density at radius 2 is 1.68 bits per heavy atom. The molecule has 0 aromatic rings. The van der Waals surface area contributed by atoms with E-state index in [0.717, 1.165) is 0 Å². The van der Waals surface area contributed by atoms with Crippen LogP contribution in [0.4, 0.5) is 0 Å². The Labute approximate surface area is 121 Å². The largest absolute Gasteiger partial charge is 0.479 e. The van der Waals surface area contributed by atoms with Gasteiger partial charge in [0.15, 0.2) is 6.10 Å². The number of carboxylic acids is 1. The van der Waals surface area contributed by atoms with E-state index in [1.807, 2.05) is 0 Å². The number of hydrogen-bond acceptors (Lipinski definition) is 7. The zero-order valence-corrected chi connectivity index (χ0v) is 11.3. The molecule has 0 aliphatic carbocycles. The topological polar surface area (TPSA) is 140 Å². The van der Waals surface area contributed by atoms with Crippen LogP contribution in [0.5, 0.6) is 0 Å². The lowest BCUT2D eigenvalue weighted by atomic mass is 9.99. The lowest BCUT2D eigenvalue weighted by Crippen LogP contribution is -2.60. The second kappa shape index (κ2) is 5.96. The number of rotatable bonds is 2. The molecule has 1 heterocycles. The molecule has 19 heavy (non-hydrogen) atoms. The van der Waals surface area contributed by atoms with Crippen LogP contribution in [-0.2, 0) is 14.3 Å². The van der Waals surface area contributed by atoms with Crippen LogP contribution in [0.25, 0.3) is 0 Å². The van der Waals surface area contributed by atoms with E-state index in [-0.39, 0.29) is 0 Å². The van der Waals surface area contributed by atoms with Crippen molar-refractivity contribution in [3.8, 4) is 0 Å². The van der Waals surface area contributed by atoms with Crippen molar-refractivity contribution < 1.29 is 34.7 Å². The summed E-state index contributed by atoms with van der Waals surface area (Å²) in [5.41, 5.74) is 0. The number of aliphatic hydroxyl groups is 3. The second-order valence-electron chi connectivity index (χ2n) is 3.68. The fraction of sp³-hybridized carbons (Fsp3) is 0.750. The van der Waals surface area contributed by atoms with E-state index in [1.54, 1.807) is 0 Å². The van der Waals surface area contributed by atoms with Gasteiger partial charge in [0.2, 0.25) is 12.2 Å². The molecular formula is C8H10Cl3NO7. The number of aliphatic carboxylic acids is 1. The minimum Gasteiger partial charge on any atom is -0.479 e. The SMILES string of the molecule is N=C(OC1O[C@H](C(=O)O)[C@H](O)[C@@H](O)[C@@H]1O)C(Cl)(Cl)Cl. The van der Waals surface area contributed by atoms with Crippen molar-refractivity contribution in [3.63, 3.8) is 0 Å². The molecule has 1 aliphatic heterocycles. The predicted molar refractivity (Wildman–Crippen MR) is 63.4 cm³/mol. The summed E-state index contributed by atoms with van der Waals surface area (Å²) in [4.78, 5) is 10.8. The second-order valence-corrected chi connectivity index (χ2v) is 5.96. The van der Waals surface area contributed by atoms with Crippen molar-refractivity contribution in [3.05, 3.63) is 0 Å². The van der Waals surface area contributed by atoms with Gasteiger partial charge in [-0.3, -0.25) is 5.41 Å². The average molecular weight is 339 g/mol. The van der Waals surface area contributed by atoms with Crippen molar-refractivity contribution in [2.75, 3.05) is 0 Å². The maximum Gasteiger partial charge on any atom is 0.335 e. The molecule has 1 unspecified atom stereocenters. The molecule has 1 saturated heterocycles. The molecule has 1 fully saturated rings. The Balaban J connectivity index is 2.83. The van der Waals surface area contributed by atoms with Crippen LogP contribution in [0, 0.1) is 5.41 Å². The van der Waals surface area contributed by atoms with E-state index < -0.39 is 46.4 Å². The number of hydrogen-bond donors (Lipinski definition) is 5. The average Bonchev–Trinajstić information content (AvgIpc) is 2.28. The first-order valence-corrected chi connectivity index (χ1v) is 5.94. The normalized spacial score (nSPS) is 35.8. The Kier molecular flexibility index (Phi) is 5.24. The zero-order chi connectivity index (χ0) is 15.0. The van der Waals surface area contributed by atoms with E-state index in [4.69, 9.17) is 50.1 Å². The van der Waals surface area contributed by atoms with Crippen LogP contribution in [0.2, 0.25) is 0 Å². The summed E-state index contributed by atoms with van der Waals surface area (Å²) in [5, 5.41) is 44.4. The summed E-state index contributed by atoms with van der Waals surface area (Å²) in [7, 11) is 0. The number of nitrogens with one attached hydrogen (secondary N) is 1. The van der Waals surface area contributed by atoms with E-state index in [1.165, 1.54) is 0 Å². The maximum atomic E-state index is 10.8. The predicted octanol–water partition coefficient (Wildman–Crippen LogP) is -0.757. The minimum atomic E-state index is -2.25. The highest BCUT2D eigenvalue weighted by molar-refractivity contribution is 6.76. The molecule has 0 aromatic carbocycles. The van der Waals surface area contributed by atoms with Crippen LogP contribution in [0.3, 0.4) is 0 Å². The quantitative estimate of drug-likeness (QED) is 0.253. The van der Waals surface area contributed by atoms with Crippen LogP contribution < -0.4 is 0 Å². The highest BCUT2D eigenvalue weighted by Crippen LogP contribution is 2.30. The van der Waals surface area contributed by atoms with E-state index in [9.17, 15) is 20.1 Å². The summed E-state index contributed by atoms with van der Waals surface area (Å²) in [6, 6.07) is 0. The van der Waals surface area contributed by atoms with Gasteiger partial charge in [-0.2, -0.15) is 0 Å². The molecule has 110 valence electrons. The fourth-order valence-electron chi connectivity index (χ4n) is 1.33. The fourth-order valence-corrected chi connectivity index (χ4v) is 1.47. The number of aliphatic hydroxyl groups excluding tert-OH is 3. The molecule has 0 radical (unpaired) electrons. The van der Waals surface area contributed by atoms with Gasteiger partial charge in [-0.25, -0.2) is 4.79 Å². The molecule has 0 bridgehead atoms. The van der Waals surface area contributed by atoms with Crippen molar-refractivity contribution in [1.29, 1.82) is 5.41 Å². The van der Waals surface area contributed by atoms with Crippen LogP contribution in [0.1, 0.15) is 0 Å². The third-order valence-corrected chi connectivity index (χ3v) is 2.82. The summed E-state index contributed by atoms with van der Waals surface area (Å²) in [6.45, 7) is 0. The van der Waals surface area contributed by atoms with Gasteiger partial charge in [0.05, 0.1) is 0 Å². The number of ether oxygens (including phenoxy) is 2. The third kappa shape index (κ3) is 3.82. The van der Waals surface area contributed by atoms with Gasteiger partial charge in [-0.1, -0.05) is 34.8 Å². The first-order chi connectivity index (χ1) is 8.55. The van der Waals surface area contributed by atoms with Crippen LogP contribution in [0.15, 0.2) is 0 Å². The van der Waals surface area contributed by atoms with Gasteiger partial charge in [0, 0.05) is 0 Å². The molecule has 0 aromatic heterocycles. The van der Waals surface area contributed by atoms with Gasteiger partial charge >= 0.3 is 5.97 Å². The molecule has 0 spiro atoms. The molecular weight excluding hydrogens is 328 g/mol. The molecule has 11 heteroatoms. The standard InChI is InChI=1S/C8H10Cl3NO7/c9-8(10,11)7(12)19-6-3(15)1(13)2(14)4(18-6)5(16)17/h1-4,6,12-15H,(H,16,17)/t1-,2-,3+,4+,6?/m1/s1. The number of halogens is 3. The maximum absolute atomic E-state index is 10.8. The van der Waals surface area contributed by atoms with Crippen molar-refractivity contribution >= 4 is 46.7 Å². The monoisotopic (exact) mass is 337 g/mol. The molecule has 1 rings (SSSR count). The van der Waals surface area contributed by atoms with Gasteiger partial charge in [-0.15, -0.1) is 0 Å². The van der Waals surface area contributed by atoms with Gasteiger partial charge in [-0.05, 0) is 0 Å². The lowest BCUT2D eigenvalue weighted by Gasteiger charge is -2.38. The molecule has 5 atom stereocenters. The Bertz CT molecular complexity index is 374. The van der Waals surface area contributed by atoms with E-state index >= 15 is 0 Å². The summed E-state index contributed by atoms with van der Waals surface area (Å²) < 4.78 is 7.11. The summed E-state index contributed by atoms with van der Waals surface area (Å²) in [5.74, 6) is -2.53. The molecule has 5 N–H and O–H groups in total.